The molecule has 0 spiro atoms. The average molecular weight is 453 g/mol. The van der Waals surface area contributed by atoms with Crippen molar-refractivity contribution in [1.29, 1.82) is 0 Å². The predicted octanol–water partition coefficient (Wildman–Crippen LogP) is 5.57. The van der Waals surface area contributed by atoms with Crippen LogP contribution < -0.4 is 4.74 Å². The molecule has 4 aromatic rings. The number of aryl methyl sites for hydroxylation is 2. The van der Waals surface area contributed by atoms with Gasteiger partial charge >= 0.3 is 5.97 Å². The highest BCUT2D eigenvalue weighted by molar-refractivity contribution is 6.20. The van der Waals surface area contributed by atoms with Crippen molar-refractivity contribution in [2.75, 3.05) is 6.61 Å². The molecule has 0 amide bonds. The predicted molar refractivity (Wildman–Crippen MR) is 133 cm³/mol. The molecule has 170 valence electrons. The lowest BCUT2D eigenvalue weighted by molar-refractivity contribution is -0.140. The number of nitrogens with zero attached hydrogens (tertiary/aromatic N) is 2. The van der Waals surface area contributed by atoms with Gasteiger partial charge in [0.05, 0.1) is 10.9 Å². The Morgan fingerprint density at radius 1 is 1.15 bits per heavy atom. The first-order valence-corrected chi connectivity index (χ1v) is 11.2. The second-order valence-electron chi connectivity index (χ2n) is 8.35. The number of allylic oxidation sites excluding steroid dienone is 1. The van der Waals surface area contributed by atoms with Crippen LogP contribution in [-0.2, 0) is 16.2 Å². The highest BCUT2D eigenvalue weighted by Crippen LogP contribution is 2.41. The molecule has 5 rings (SSSR count). The van der Waals surface area contributed by atoms with Crippen molar-refractivity contribution in [3.63, 3.8) is 0 Å². The third-order valence-electron chi connectivity index (χ3n) is 6.14. The first-order valence-electron chi connectivity index (χ1n) is 11.2. The second kappa shape index (κ2) is 8.63. The molecule has 1 aliphatic heterocycles. The average Bonchev–Trinajstić information content (AvgIpc) is 3.39. The van der Waals surface area contributed by atoms with Crippen molar-refractivity contribution in [3.8, 4) is 5.75 Å². The zero-order valence-electron chi connectivity index (χ0n) is 19.1. The number of rotatable bonds is 6. The molecule has 1 aromatic heterocycles. The number of oxime groups is 1. The van der Waals surface area contributed by atoms with Crippen LogP contribution in [0.3, 0.4) is 0 Å². The summed E-state index contributed by atoms with van der Waals surface area (Å²) in [4.78, 5) is 29.4. The molecule has 0 unspecified atom stereocenters. The van der Waals surface area contributed by atoms with Crippen molar-refractivity contribution in [2.45, 2.75) is 26.8 Å². The standard InChI is InChI=1S/C28H24N2O4/c1-4-5-14-30-24-12-10-19(27(32)20-9-7-6-8-17(20)2)15-22(24)26-25(30)13-11-21-23(16-33-28(21)26)29-34-18(3)31/h4,6-13,15H,1,5,14,16H2,2-3H3/b29-23+. The zero-order chi connectivity index (χ0) is 23.8. The van der Waals surface area contributed by atoms with E-state index < -0.39 is 5.97 Å². The monoisotopic (exact) mass is 452 g/mol. The van der Waals surface area contributed by atoms with Crippen molar-refractivity contribution in [1.82, 2.24) is 4.57 Å². The van der Waals surface area contributed by atoms with Crippen LogP contribution >= 0.6 is 0 Å². The van der Waals surface area contributed by atoms with Gasteiger partial charge in [0, 0.05) is 41.1 Å². The van der Waals surface area contributed by atoms with E-state index in [-0.39, 0.29) is 12.4 Å². The Hall–Kier alpha value is -4.19. The molecule has 6 nitrogen and oxygen atoms in total. The Balaban J connectivity index is 1.73. The van der Waals surface area contributed by atoms with Gasteiger partial charge in [-0.3, -0.25) is 4.79 Å². The summed E-state index contributed by atoms with van der Waals surface area (Å²) in [6.45, 7) is 8.08. The number of carbonyl (C=O) groups is 2. The molecule has 3 aromatic carbocycles. The van der Waals surface area contributed by atoms with E-state index in [9.17, 15) is 9.59 Å². The highest BCUT2D eigenvalue weighted by atomic mass is 16.7. The van der Waals surface area contributed by atoms with Gasteiger partial charge in [0.1, 0.15) is 18.1 Å². The summed E-state index contributed by atoms with van der Waals surface area (Å²) < 4.78 is 8.27. The lowest BCUT2D eigenvalue weighted by Crippen LogP contribution is -2.05. The van der Waals surface area contributed by atoms with Crippen LogP contribution in [0, 0.1) is 6.92 Å². The van der Waals surface area contributed by atoms with E-state index >= 15 is 0 Å². The maximum absolute atomic E-state index is 13.3. The van der Waals surface area contributed by atoms with E-state index in [0.29, 0.717) is 22.6 Å². The molecule has 0 aliphatic carbocycles. The molecule has 0 atom stereocenters. The van der Waals surface area contributed by atoms with Gasteiger partial charge in [-0.15, -0.1) is 6.58 Å². The second-order valence-corrected chi connectivity index (χ2v) is 8.35. The SMILES string of the molecule is C=CCCn1c2ccc(C(=O)c3ccccc3C)cc2c2c3c(ccc21)/C(=N/OC(C)=O)CO3. The van der Waals surface area contributed by atoms with Crippen molar-refractivity contribution in [2.24, 2.45) is 5.16 Å². The minimum atomic E-state index is -0.484. The minimum absolute atomic E-state index is 0.0161. The molecule has 2 heterocycles. The van der Waals surface area contributed by atoms with Gasteiger partial charge in [0.2, 0.25) is 0 Å². The van der Waals surface area contributed by atoms with E-state index in [1.54, 1.807) is 0 Å². The van der Waals surface area contributed by atoms with Crippen LogP contribution in [0.1, 0.15) is 40.4 Å². The van der Waals surface area contributed by atoms with Crippen LogP contribution in [0.4, 0.5) is 0 Å². The van der Waals surface area contributed by atoms with E-state index in [0.717, 1.165) is 45.9 Å². The summed E-state index contributed by atoms with van der Waals surface area (Å²) in [6.07, 6.45) is 2.70. The summed E-state index contributed by atoms with van der Waals surface area (Å²) in [7, 11) is 0. The lowest BCUT2D eigenvalue weighted by Gasteiger charge is -2.07. The Morgan fingerprint density at radius 2 is 1.94 bits per heavy atom. The van der Waals surface area contributed by atoms with Gasteiger partial charge in [0.25, 0.3) is 0 Å². The number of fused-ring (bicyclic) bond motifs is 5. The number of carbonyl (C=O) groups excluding carboxylic acids is 2. The number of ether oxygens (including phenoxy) is 1. The molecule has 0 saturated heterocycles. The summed E-state index contributed by atoms with van der Waals surface area (Å²) >= 11 is 0. The summed E-state index contributed by atoms with van der Waals surface area (Å²) in [6, 6.07) is 17.4. The summed E-state index contributed by atoms with van der Waals surface area (Å²) in [5.41, 5.74) is 5.61. The minimum Gasteiger partial charge on any atom is -0.486 e. The number of hydrogen-bond acceptors (Lipinski definition) is 5. The van der Waals surface area contributed by atoms with Gasteiger partial charge in [0.15, 0.2) is 5.78 Å². The smallest absolute Gasteiger partial charge is 0.331 e. The number of hydrogen-bond donors (Lipinski definition) is 0. The van der Waals surface area contributed by atoms with Gasteiger partial charge in [-0.05, 0) is 49.2 Å². The van der Waals surface area contributed by atoms with Gasteiger partial charge in [-0.1, -0.05) is 35.5 Å². The van der Waals surface area contributed by atoms with Crippen LogP contribution in [-0.4, -0.2) is 28.6 Å². The van der Waals surface area contributed by atoms with Crippen molar-refractivity contribution in [3.05, 3.63) is 89.5 Å². The number of ketones is 1. The first-order chi connectivity index (χ1) is 16.5. The third kappa shape index (κ3) is 3.57. The fraction of sp³-hybridized carbons (Fsp3) is 0.179. The van der Waals surface area contributed by atoms with E-state index in [4.69, 9.17) is 9.57 Å². The topological polar surface area (TPSA) is 69.9 Å². The molecule has 0 fully saturated rings. The van der Waals surface area contributed by atoms with E-state index in [1.807, 2.05) is 67.6 Å². The van der Waals surface area contributed by atoms with Crippen LogP contribution in [0.2, 0.25) is 0 Å². The van der Waals surface area contributed by atoms with Gasteiger partial charge in [-0.2, -0.15) is 0 Å². The van der Waals surface area contributed by atoms with E-state index in [1.165, 1.54) is 6.92 Å². The summed E-state index contributed by atoms with van der Waals surface area (Å²) in [5.74, 6) is 0.186. The van der Waals surface area contributed by atoms with Crippen LogP contribution in [0.25, 0.3) is 21.8 Å². The fourth-order valence-electron chi connectivity index (χ4n) is 4.53. The molecular formula is C28H24N2O4. The molecule has 1 aliphatic rings. The Labute approximate surface area is 197 Å². The Bertz CT molecular complexity index is 1510. The number of benzene rings is 3. The van der Waals surface area contributed by atoms with Crippen LogP contribution in [0.5, 0.6) is 5.75 Å². The molecule has 0 N–H and O–H groups in total. The molecule has 0 radical (unpaired) electrons. The third-order valence-corrected chi connectivity index (χ3v) is 6.14. The highest BCUT2D eigenvalue weighted by Gasteiger charge is 2.27. The Kier molecular flexibility index (Phi) is 5.49. The summed E-state index contributed by atoms with van der Waals surface area (Å²) in [5, 5.41) is 5.83. The normalized spacial score (nSPS) is 13.8. The molecule has 34 heavy (non-hydrogen) atoms. The quantitative estimate of drug-likeness (QED) is 0.166. The maximum Gasteiger partial charge on any atom is 0.331 e. The van der Waals surface area contributed by atoms with Gasteiger partial charge < -0.3 is 14.1 Å². The molecule has 0 bridgehead atoms. The number of aromatic nitrogens is 1. The fourth-order valence-corrected chi connectivity index (χ4v) is 4.53. The van der Waals surface area contributed by atoms with Crippen molar-refractivity contribution < 1.29 is 19.2 Å². The molecule has 6 heteroatoms. The lowest BCUT2D eigenvalue weighted by atomic mass is 9.97. The largest absolute Gasteiger partial charge is 0.486 e. The Morgan fingerprint density at radius 3 is 2.71 bits per heavy atom. The molecule has 0 saturated carbocycles. The maximum atomic E-state index is 13.3. The van der Waals surface area contributed by atoms with Crippen LogP contribution in [0.15, 0.2) is 72.4 Å². The van der Waals surface area contributed by atoms with Crippen molar-refractivity contribution >= 4 is 39.3 Å². The zero-order valence-corrected chi connectivity index (χ0v) is 19.1. The van der Waals surface area contributed by atoms with Gasteiger partial charge in [-0.25, -0.2) is 4.79 Å². The molecular weight excluding hydrogens is 428 g/mol. The van der Waals surface area contributed by atoms with E-state index in [2.05, 4.69) is 16.3 Å². The first kappa shape index (κ1) is 21.6.